The van der Waals surface area contributed by atoms with E-state index < -0.39 is 0 Å². The number of carbonyl (C=O) groups is 1. The number of anilines is 1. The molecule has 170 valence electrons. The summed E-state index contributed by atoms with van der Waals surface area (Å²) in [5, 5.41) is 7.45. The largest absolute Gasteiger partial charge is 0.493 e. The zero-order valence-electron chi connectivity index (χ0n) is 19.3. The predicted octanol–water partition coefficient (Wildman–Crippen LogP) is 4.21. The number of aromatic nitrogens is 4. The lowest BCUT2D eigenvalue weighted by Crippen LogP contribution is -2.14. The predicted molar refractivity (Wildman–Crippen MR) is 126 cm³/mol. The van der Waals surface area contributed by atoms with E-state index in [-0.39, 0.29) is 5.91 Å². The first-order valence-electron chi connectivity index (χ1n) is 10.8. The van der Waals surface area contributed by atoms with Gasteiger partial charge in [-0.25, -0.2) is 9.50 Å². The van der Waals surface area contributed by atoms with E-state index in [1.807, 2.05) is 43.5 Å². The van der Waals surface area contributed by atoms with Crippen LogP contribution in [0.25, 0.3) is 5.65 Å². The minimum atomic E-state index is -0.0872. The first-order chi connectivity index (χ1) is 15.9. The number of carbonyl (C=O) groups excluding carboxylic acids is 1. The van der Waals surface area contributed by atoms with E-state index in [4.69, 9.17) is 9.47 Å². The van der Waals surface area contributed by atoms with Gasteiger partial charge in [-0.3, -0.25) is 9.78 Å². The highest BCUT2D eigenvalue weighted by Crippen LogP contribution is 2.31. The highest BCUT2D eigenvalue weighted by atomic mass is 16.5. The fourth-order valence-electron chi connectivity index (χ4n) is 3.77. The summed E-state index contributed by atoms with van der Waals surface area (Å²) in [6, 6.07) is 11.1. The second-order valence-electron chi connectivity index (χ2n) is 7.87. The van der Waals surface area contributed by atoms with E-state index in [1.54, 1.807) is 37.7 Å². The molecule has 3 heterocycles. The molecule has 1 N–H and O–H groups in total. The number of benzene rings is 1. The standard InChI is InChI=1S/C25H27N5O3/c1-16-13-24-27-17(2)21(18(3)30(24)29-16)6-8-25(31)28-20-5-7-22(32-4)23(14-20)33-15-19-9-11-26-12-10-19/h5,7,9-14H,6,8,15H2,1-4H3,(H,28,31). The van der Waals surface area contributed by atoms with E-state index >= 15 is 0 Å². The minimum absolute atomic E-state index is 0.0872. The molecule has 4 rings (SSSR count). The zero-order valence-corrected chi connectivity index (χ0v) is 19.3. The molecule has 1 amide bonds. The van der Waals surface area contributed by atoms with Crippen molar-refractivity contribution in [1.29, 1.82) is 0 Å². The van der Waals surface area contributed by atoms with Gasteiger partial charge in [-0.1, -0.05) is 0 Å². The maximum atomic E-state index is 12.7. The van der Waals surface area contributed by atoms with Crippen LogP contribution in [0.15, 0.2) is 48.8 Å². The van der Waals surface area contributed by atoms with Crippen molar-refractivity contribution in [3.05, 3.63) is 77.0 Å². The number of aryl methyl sites for hydroxylation is 3. The molecule has 0 saturated heterocycles. The number of ether oxygens (including phenoxy) is 2. The van der Waals surface area contributed by atoms with E-state index in [0.29, 0.717) is 36.6 Å². The number of hydrogen-bond donors (Lipinski definition) is 1. The molecule has 4 aromatic rings. The maximum absolute atomic E-state index is 12.7. The molecule has 0 aliphatic heterocycles. The van der Waals surface area contributed by atoms with E-state index in [0.717, 1.165) is 33.9 Å². The lowest BCUT2D eigenvalue weighted by Gasteiger charge is -2.14. The van der Waals surface area contributed by atoms with Gasteiger partial charge in [-0.2, -0.15) is 5.10 Å². The normalized spacial score (nSPS) is 10.9. The molecule has 0 atom stereocenters. The Bertz CT molecular complexity index is 1280. The van der Waals surface area contributed by atoms with Gasteiger partial charge in [0, 0.05) is 48.0 Å². The third-order valence-electron chi connectivity index (χ3n) is 5.48. The van der Waals surface area contributed by atoms with Crippen LogP contribution in [0.5, 0.6) is 11.5 Å². The van der Waals surface area contributed by atoms with Crippen molar-refractivity contribution in [2.45, 2.75) is 40.2 Å². The molecule has 0 aliphatic rings. The summed E-state index contributed by atoms with van der Waals surface area (Å²) >= 11 is 0. The molecule has 0 saturated carbocycles. The molecule has 0 unspecified atom stereocenters. The van der Waals surface area contributed by atoms with Crippen molar-refractivity contribution in [1.82, 2.24) is 19.6 Å². The van der Waals surface area contributed by atoms with Crippen LogP contribution in [-0.4, -0.2) is 32.6 Å². The van der Waals surface area contributed by atoms with Crippen LogP contribution in [-0.2, 0) is 17.8 Å². The van der Waals surface area contributed by atoms with Crippen LogP contribution in [0.2, 0.25) is 0 Å². The minimum Gasteiger partial charge on any atom is -0.493 e. The van der Waals surface area contributed by atoms with E-state index in [9.17, 15) is 4.79 Å². The number of fused-ring (bicyclic) bond motifs is 1. The Morgan fingerprint density at radius 1 is 1.06 bits per heavy atom. The lowest BCUT2D eigenvalue weighted by molar-refractivity contribution is -0.116. The first-order valence-corrected chi connectivity index (χ1v) is 10.8. The number of methoxy groups -OCH3 is 1. The summed E-state index contributed by atoms with van der Waals surface area (Å²) < 4.78 is 13.2. The van der Waals surface area contributed by atoms with E-state index in [1.165, 1.54) is 0 Å². The number of rotatable bonds is 8. The van der Waals surface area contributed by atoms with Crippen molar-refractivity contribution >= 4 is 17.2 Å². The van der Waals surface area contributed by atoms with Gasteiger partial charge in [0.25, 0.3) is 0 Å². The first kappa shape index (κ1) is 22.3. The fourth-order valence-corrected chi connectivity index (χ4v) is 3.77. The monoisotopic (exact) mass is 445 g/mol. The molecule has 33 heavy (non-hydrogen) atoms. The summed E-state index contributed by atoms with van der Waals surface area (Å²) in [6.07, 6.45) is 4.34. The Morgan fingerprint density at radius 2 is 1.85 bits per heavy atom. The fraction of sp³-hybridized carbons (Fsp3) is 0.280. The molecule has 0 bridgehead atoms. The lowest BCUT2D eigenvalue weighted by atomic mass is 10.1. The number of pyridine rings is 1. The molecule has 0 fully saturated rings. The highest BCUT2D eigenvalue weighted by Gasteiger charge is 2.14. The molecule has 0 radical (unpaired) electrons. The van der Waals surface area contributed by atoms with Crippen LogP contribution in [0.4, 0.5) is 5.69 Å². The molecule has 8 nitrogen and oxygen atoms in total. The second kappa shape index (κ2) is 9.68. The smallest absolute Gasteiger partial charge is 0.224 e. The van der Waals surface area contributed by atoms with Crippen LogP contribution < -0.4 is 14.8 Å². The molecule has 0 spiro atoms. The summed E-state index contributed by atoms with van der Waals surface area (Å²) in [5.41, 5.74) is 6.35. The summed E-state index contributed by atoms with van der Waals surface area (Å²) in [4.78, 5) is 21.3. The van der Waals surface area contributed by atoms with Crippen molar-refractivity contribution < 1.29 is 14.3 Å². The molecule has 3 aromatic heterocycles. The van der Waals surface area contributed by atoms with E-state index in [2.05, 4.69) is 20.4 Å². The highest BCUT2D eigenvalue weighted by molar-refractivity contribution is 5.91. The van der Waals surface area contributed by atoms with Crippen LogP contribution in [0.1, 0.15) is 34.6 Å². The molecule has 8 heteroatoms. The molecule has 1 aromatic carbocycles. The Morgan fingerprint density at radius 3 is 2.61 bits per heavy atom. The average Bonchev–Trinajstić information content (AvgIpc) is 3.18. The Kier molecular flexibility index (Phi) is 6.53. The maximum Gasteiger partial charge on any atom is 0.224 e. The van der Waals surface area contributed by atoms with Crippen LogP contribution in [0.3, 0.4) is 0 Å². The van der Waals surface area contributed by atoms with Gasteiger partial charge >= 0.3 is 0 Å². The third-order valence-corrected chi connectivity index (χ3v) is 5.48. The van der Waals surface area contributed by atoms with Crippen molar-refractivity contribution in [3.63, 3.8) is 0 Å². The molecular weight excluding hydrogens is 418 g/mol. The number of nitrogens with zero attached hydrogens (tertiary/aromatic N) is 4. The SMILES string of the molecule is COc1ccc(NC(=O)CCc2c(C)nc3cc(C)nn3c2C)cc1OCc1ccncc1. The number of amides is 1. The van der Waals surface area contributed by atoms with Crippen LogP contribution >= 0.6 is 0 Å². The number of nitrogens with one attached hydrogen (secondary N) is 1. The second-order valence-corrected chi connectivity index (χ2v) is 7.87. The van der Waals surface area contributed by atoms with Crippen LogP contribution in [0, 0.1) is 20.8 Å². The summed E-state index contributed by atoms with van der Waals surface area (Å²) in [7, 11) is 1.59. The summed E-state index contributed by atoms with van der Waals surface area (Å²) in [5.74, 6) is 1.07. The Balaban J connectivity index is 1.42. The van der Waals surface area contributed by atoms with Gasteiger partial charge in [0.05, 0.1) is 12.8 Å². The van der Waals surface area contributed by atoms with Crippen molar-refractivity contribution in [3.8, 4) is 11.5 Å². The third kappa shape index (κ3) is 5.11. The number of hydrogen-bond acceptors (Lipinski definition) is 6. The van der Waals surface area contributed by atoms with Gasteiger partial charge in [0.2, 0.25) is 5.91 Å². The molecule has 0 aliphatic carbocycles. The average molecular weight is 446 g/mol. The van der Waals surface area contributed by atoms with Crippen molar-refractivity contribution in [2.75, 3.05) is 12.4 Å². The zero-order chi connectivity index (χ0) is 23.4. The van der Waals surface area contributed by atoms with Crippen molar-refractivity contribution in [2.24, 2.45) is 0 Å². The Hall–Kier alpha value is -3.94. The van der Waals surface area contributed by atoms with Gasteiger partial charge in [0.15, 0.2) is 17.1 Å². The van der Waals surface area contributed by atoms with Gasteiger partial charge in [0.1, 0.15) is 6.61 Å². The van der Waals surface area contributed by atoms with Gasteiger partial charge < -0.3 is 14.8 Å². The Labute approximate surface area is 192 Å². The van der Waals surface area contributed by atoms with Gasteiger partial charge in [-0.05, 0) is 62.6 Å². The molecular formula is C25H27N5O3. The quantitative estimate of drug-likeness (QED) is 0.437. The van der Waals surface area contributed by atoms with Gasteiger partial charge in [-0.15, -0.1) is 0 Å². The summed E-state index contributed by atoms with van der Waals surface area (Å²) in [6.45, 7) is 6.30. The topological polar surface area (TPSA) is 90.6 Å².